The smallest absolute Gasteiger partial charge is 0.322 e. The lowest BCUT2D eigenvalue weighted by molar-refractivity contribution is -0.138. The number of likely N-dealkylation sites (tertiary alicyclic amines) is 4. The number of amides is 12. The molecule has 8 fully saturated rings. The van der Waals surface area contributed by atoms with E-state index in [9.17, 15) is 43.2 Å². The molecule has 5 aromatic carbocycles. The number of nitrogens with zero attached hydrogens (tertiary/aromatic N) is 10. The normalized spacial score (nSPS) is 23.1. The number of hydrogen-bond donors (Lipinski definition) is 3. The predicted octanol–water partition coefficient (Wildman–Crippen LogP) is 16.3. The van der Waals surface area contributed by atoms with E-state index in [-0.39, 0.29) is 124 Å². The number of urea groups is 3. The third kappa shape index (κ3) is 20.5. The van der Waals surface area contributed by atoms with Crippen molar-refractivity contribution in [2.24, 2.45) is 17.3 Å². The molecule has 118 heavy (non-hydrogen) atoms. The molecular weight excluding hydrogens is 1560 g/mol. The molecule has 8 saturated heterocycles. The number of aryl methyl sites for hydroxylation is 1. The molecule has 12 amide bonds. The van der Waals surface area contributed by atoms with Crippen molar-refractivity contribution in [2.45, 2.75) is 233 Å². The summed E-state index contributed by atoms with van der Waals surface area (Å²) >= 11 is 7.12. The first-order valence-corrected chi connectivity index (χ1v) is 47.3. The summed E-state index contributed by atoms with van der Waals surface area (Å²) in [7, 11) is 0. The van der Waals surface area contributed by atoms with E-state index in [1.807, 2.05) is 119 Å². The molecule has 22 nitrogen and oxygen atoms in total. The van der Waals surface area contributed by atoms with Gasteiger partial charge >= 0.3 is 18.1 Å². The van der Waals surface area contributed by atoms with Gasteiger partial charge < -0.3 is 60.0 Å². The number of para-hydroxylation sites is 3. The topological polar surface area (TPSA) is 222 Å². The highest BCUT2D eigenvalue weighted by molar-refractivity contribution is 8.03. The van der Waals surface area contributed by atoms with Crippen molar-refractivity contribution < 1.29 is 46.0 Å². The first kappa shape index (κ1) is 86.5. The van der Waals surface area contributed by atoms with Crippen molar-refractivity contribution in [1.82, 2.24) is 49.0 Å². The second kappa shape index (κ2) is 38.4. The van der Waals surface area contributed by atoms with E-state index in [0.717, 1.165) is 167 Å². The lowest BCUT2D eigenvalue weighted by atomic mass is 9.91. The number of benzene rings is 5. The molecule has 0 bridgehead atoms. The molecule has 16 rings (SSSR count). The minimum atomic E-state index is -0.360. The Morgan fingerprint density at radius 1 is 0.466 bits per heavy atom. The first-order valence-electron chi connectivity index (χ1n) is 43.4. The fraction of sp³-hybridized carbons (Fsp3) is 0.576. The average molecular weight is 1690 g/mol. The summed E-state index contributed by atoms with van der Waals surface area (Å²) in [5, 5.41) is 8.02. The standard InChI is InChI=1S/C35H47N5O3S.C30H38N4O3S.C27H38N4O3S2.2H2/c1-34(2,3)15-22-40-32(42)30(44-35(40)16-20-37(21-17-35)24-26-9-5-4-6-10-26)23-31(41)38-18-13-28(14-19-38)39-25-27-11-7-8-12-29(27)36-33(39)43;1-20(2)12-17-33-28(36)26(38-29(33)24-10-6-4-8-21(24)3)18-27(35)32-15-13-23(14-16-32)34-19-22-9-5-7-11-25(22)31-30(34)37;1-19(2)7-14-31-25(33)23(36-27(31)10-15-35-16-11-27)17-24(32)29-12-8-21(9-13-29)30-18-20-5-3-4-6-22(20)28-26(30)34;;/h4-12,28,30H,13-25H2,1-3H3,(H,36,43);4-11,20,23,26,29H,12-19H2,1-3H3,(H,31,37);3-6,19,21,23H,7-18H2,1-2H3,(H,28,34);2*1H. The second-order valence-electron chi connectivity index (χ2n) is 36.1. The lowest BCUT2D eigenvalue weighted by Crippen LogP contribution is -2.52. The highest BCUT2D eigenvalue weighted by Gasteiger charge is 2.55. The van der Waals surface area contributed by atoms with Crippen LogP contribution >= 0.6 is 47.0 Å². The number of thioether (sulfide) groups is 4. The Balaban J connectivity index is 0.000000165. The molecule has 3 N–H and O–H groups in total. The average Bonchev–Trinajstić information content (AvgIpc) is 1.63. The maximum atomic E-state index is 14.0. The van der Waals surface area contributed by atoms with Crippen molar-refractivity contribution in [1.29, 1.82) is 0 Å². The Kier molecular flexibility index (Phi) is 28.2. The second-order valence-corrected chi connectivity index (χ2v) is 41.7. The van der Waals surface area contributed by atoms with Crippen molar-refractivity contribution in [3.05, 3.63) is 161 Å². The fourth-order valence-electron chi connectivity index (χ4n) is 18.7. The van der Waals surface area contributed by atoms with Gasteiger partial charge in [-0.25, -0.2) is 14.4 Å². The number of nitrogens with one attached hydrogen (secondary N) is 3. The Labute approximate surface area is 718 Å². The lowest BCUT2D eigenvalue weighted by Gasteiger charge is -2.44. The maximum absolute atomic E-state index is 14.0. The van der Waals surface area contributed by atoms with Crippen molar-refractivity contribution in [2.75, 3.05) is 99.4 Å². The van der Waals surface area contributed by atoms with Crippen LogP contribution in [0.2, 0.25) is 0 Å². The van der Waals surface area contributed by atoms with Gasteiger partial charge in [-0.05, 0) is 171 Å². The summed E-state index contributed by atoms with van der Waals surface area (Å²) in [5.41, 5.74) is 9.81. The molecule has 4 atom stereocenters. The van der Waals surface area contributed by atoms with E-state index in [1.54, 1.807) is 35.3 Å². The van der Waals surface area contributed by atoms with Gasteiger partial charge in [-0.2, -0.15) is 11.8 Å². The predicted molar refractivity (Wildman–Crippen MR) is 479 cm³/mol. The van der Waals surface area contributed by atoms with E-state index in [1.165, 1.54) is 11.1 Å². The third-order valence-electron chi connectivity index (χ3n) is 25.9. The minimum Gasteiger partial charge on any atom is -0.342 e. The number of piperidine rings is 4. The number of anilines is 3. The largest absolute Gasteiger partial charge is 0.342 e. The van der Waals surface area contributed by atoms with Crippen LogP contribution in [0.3, 0.4) is 0 Å². The molecule has 638 valence electrons. The Hall–Kier alpha value is -7.91. The van der Waals surface area contributed by atoms with Crippen molar-refractivity contribution in [3.63, 3.8) is 0 Å². The van der Waals surface area contributed by atoms with Gasteiger partial charge in [0.2, 0.25) is 35.4 Å². The molecule has 4 unspecified atom stereocenters. The molecule has 11 heterocycles. The van der Waals surface area contributed by atoms with Crippen LogP contribution in [-0.2, 0) is 54.9 Å². The summed E-state index contributed by atoms with van der Waals surface area (Å²) in [6.07, 6.45) is 12.1. The quantitative estimate of drug-likeness (QED) is 0.0660. The maximum Gasteiger partial charge on any atom is 0.322 e. The van der Waals surface area contributed by atoms with Gasteiger partial charge in [0.05, 0.1) is 25.5 Å². The fourth-order valence-corrected chi connectivity index (χ4v) is 25.2. The Morgan fingerprint density at radius 2 is 0.856 bits per heavy atom. The zero-order chi connectivity index (χ0) is 83.0. The van der Waals surface area contributed by atoms with Gasteiger partial charge in [-0.3, -0.25) is 33.7 Å². The zero-order valence-electron chi connectivity index (χ0n) is 70.4. The molecule has 0 radical (unpaired) electrons. The van der Waals surface area contributed by atoms with Crippen LogP contribution in [0.25, 0.3) is 0 Å². The molecule has 26 heteroatoms. The van der Waals surface area contributed by atoms with Crippen molar-refractivity contribution >= 4 is 118 Å². The van der Waals surface area contributed by atoms with E-state index >= 15 is 0 Å². The molecule has 0 aliphatic carbocycles. The van der Waals surface area contributed by atoms with E-state index < -0.39 is 0 Å². The molecular formula is C92H127N13O9S4. The van der Waals surface area contributed by atoms with Gasteiger partial charge in [-0.1, -0.05) is 158 Å². The molecule has 0 saturated carbocycles. The van der Waals surface area contributed by atoms with Crippen LogP contribution in [0.4, 0.5) is 31.4 Å². The summed E-state index contributed by atoms with van der Waals surface area (Å²) in [6, 6.07) is 42.8. The van der Waals surface area contributed by atoms with Gasteiger partial charge in [0.25, 0.3) is 0 Å². The van der Waals surface area contributed by atoms with Crippen LogP contribution in [0.1, 0.15) is 193 Å². The summed E-state index contributed by atoms with van der Waals surface area (Å²) in [4.78, 5) is 139. The van der Waals surface area contributed by atoms with E-state index in [0.29, 0.717) is 83.7 Å². The first-order chi connectivity index (χ1) is 56.8. The molecule has 2 spiro atoms. The number of carbonyl (C=O) groups is 9. The van der Waals surface area contributed by atoms with Gasteiger partial charge in [0, 0.05) is 155 Å². The Morgan fingerprint density at radius 3 is 1.29 bits per heavy atom. The van der Waals surface area contributed by atoms with Crippen LogP contribution in [0.5, 0.6) is 0 Å². The van der Waals surface area contributed by atoms with Crippen LogP contribution < -0.4 is 16.0 Å². The van der Waals surface area contributed by atoms with Gasteiger partial charge in [0.15, 0.2) is 0 Å². The van der Waals surface area contributed by atoms with Gasteiger partial charge in [0.1, 0.15) is 5.37 Å². The SMILES string of the molecule is CC(C)(C)CCN1C(=O)C(CC(=O)N2CCC(N3Cc4ccccc4NC3=O)CC2)SC12CCN(Cc1ccccc1)CC2.CC(C)CCN1C(=O)C(CC(=O)N2CCC(N3Cc4ccccc4NC3=O)CC2)SC12CCSCC2.Cc1ccccc1C1SC(CC(=O)N2CCC(N3Cc4ccccc4NC3=O)CC2)C(=O)N1CCC(C)C.[HH].[HH]. The summed E-state index contributed by atoms with van der Waals surface area (Å²) in [6.45, 7) is 28.1. The highest BCUT2D eigenvalue weighted by atomic mass is 32.2. The minimum absolute atomic E-state index is 0. The molecule has 11 aliphatic heterocycles. The highest BCUT2D eigenvalue weighted by Crippen LogP contribution is 2.53. The molecule has 5 aromatic rings. The van der Waals surface area contributed by atoms with Crippen LogP contribution in [0.15, 0.2) is 127 Å². The number of rotatable bonds is 20. The van der Waals surface area contributed by atoms with Crippen LogP contribution in [0, 0.1) is 24.2 Å². The number of carbonyl (C=O) groups excluding carboxylic acids is 9. The van der Waals surface area contributed by atoms with E-state index in [4.69, 9.17) is 0 Å². The third-order valence-corrected chi connectivity index (χ3v) is 31.8. The summed E-state index contributed by atoms with van der Waals surface area (Å²) < 4.78 is 0. The molecule has 11 aliphatic rings. The monoisotopic (exact) mass is 1690 g/mol. The van der Waals surface area contributed by atoms with E-state index in [2.05, 4.69) is 141 Å². The zero-order valence-corrected chi connectivity index (χ0v) is 73.7. The van der Waals surface area contributed by atoms with Crippen molar-refractivity contribution in [3.8, 4) is 0 Å². The summed E-state index contributed by atoms with van der Waals surface area (Å²) in [5.74, 6) is 3.80. The van der Waals surface area contributed by atoms with Crippen LogP contribution in [-0.4, -0.2) is 230 Å². The van der Waals surface area contributed by atoms with Gasteiger partial charge in [-0.15, -0.1) is 35.3 Å². The number of hydrogen-bond acceptors (Lipinski definition) is 14. The Bertz CT molecular complexity index is 4410. The molecule has 0 aromatic heterocycles. The number of fused-ring (bicyclic) bond motifs is 3.